The molecule has 0 aliphatic heterocycles. The predicted molar refractivity (Wildman–Crippen MR) is 174 cm³/mol. The fourth-order valence-electron chi connectivity index (χ4n) is 4.68. The SMILES string of the molecule is Cc1c(NC(Cc2ccc(C#N)cc2)c2ccc(Oc3cccc(COCc4cncs4)c3)cc2)cccc1NS(C)(=O)=O. The molecule has 10 heteroatoms. The molecule has 0 bridgehead atoms. The minimum absolute atomic E-state index is 0.150. The van der Waals surface area contributed by atoms with Gasteiger partial charge in [0.25, 0.3) is 0 Å². The third-order valence-electron chi connectivity index (χ3n) is 6.89. The molecular weight excluding hydrogens is 593 g/mol. The van der Waals surface area contributed by atoms with E-state index in [0.717, 1.165) is 44.8 Å². The lowest BCUT2D eigenvalue weighted by Crippen LogP contribution is -2.16. The first-order valence-electron chi connectivity index (χ1n) is 13.9. The van der Waals surface area contributed by atoms with E-state index in [1.54, 1.807) is 22.9 Å². The molecule has 0 fully saturated rings. The molecule has 44 heavy (non-hydrogen) atoms. The Bertz CT molecular complexity index is 1830. The lowest BCUT2D eigenvalue weighted by atomic mass is 9.97. The van der Waals surface area contributed by atoms with E-state index >= 15 is 0 Å². The number of thiazole rings is 1. The molecule has 0 aliphatic rings. The maximum atomic E-state index is 11.9. The largest absolute Gasteiger partial charge is 0.457 e. The van der Waals surface area contributed by atoms with Crippen LogP contribution in [0.4, 0.5) is 11.4 Å². The highest BCUT2D eigenvalue weighted by Crippen LogP contribution is 2.31. The number of rotatable bonds is 13. The van der Waals surface area contributed by atoms with Gasteiger partial charge < -0.3 is 14.8 Å². The van der Waals surface area contributed by atoms with Crippen molar-refractivity contribution in [3.05, 3.63) is 135 Å². The molecule has 0 spiro atoms. The lowest BCUT2D eigenvalue weighted by molar-refractivity contribution is 0.109. The van der Waals surface area contributed by atoms with Gasteiger partial charge in [0.05, 0.1) is 53.2 Å². The van der Waals surface area contributed by atoms with E-state index in [2.05, 4.69) is 21.1 Å². The van der Waals surface area contributed by atoms with Gasteiger partial charge in [0.1, 0.15) is 11.5 Å². The number of nitrogens with zero attached hydrogens (tertiary/aromatic N) is 2. The molecule has 4 aromatic carbocycles. The summed E-state index contributed by atoms with van der Waals surface area (Å²) in [5.74, 6) is 1.42. The summed E-state index contributed by atoms with van der Waals surface area (Å²) in [5, 5.41) is 12.8. The van der Waals surface area contributed by atoms with Crippen LogP contribution in [0, 0.1) is 18.3 Å². The van der Waals surface area contributed by atoms with Crippen molar-refractivity contribution in [1.82, 2.24) is 4.98 Å². The van der Waals surface area contributed by atoms with Crippen LogP contribution in [0.15, 0.2) is 103 Å². The van der Waals surface area contributed by atoms with Crippen molar-refractivity contribution < 1.29 is 17.9 Å². The standard InChI is InChI=1S/C34H32N4O4S2/c1-24-32(7-4-8-33(24)38-44(2,39)40)37-34(18-25-9-11-26(19-35)12-10-25)28-13-15-29(16-14-28)42-30-6-3-5-27(17-30)21-41-22-31-20-36-23-43-31/h3-17,20,23,34,37-38H,18,21-22H2,1-2H3. The number of anilines is 2. The highest BCUT2D eigenvalue weighted by atomic mass is 32.2. The molecule has 224 valence electrons. The molecule has 5 rings (SSSR count). The third kappa shape index (κ3) is 8.67. The van der Waals surface area contributed by atoms with E-state index in [4.69, 9.17) is 9.47 Å². The molecule has 8 nitrogen and oxygen atoms in total. The van der Waals surface area contributed by atoms with Gasteiger partial charge in [-0.05, 0) is 84.1 Å². The van der Waals surface area contributed by atoms with Crippen LogP contribution < -0.4 is 14.8 Å². The number of aromatic nitrogens is 1. The molecule has 2 N–H and O–H groups in total. The second-order valence-electron chi connectivity index (χ2n) is 10.3. The topological polar surface area (TPSA) is 113 Å². The number of hydrogen-bond donors (Lipinski definition) is 2. The van der Waals surface area contributed by atoms with Crippen molar-refractivity contribution >= 4 is 32.7 Å². The molecule has 0 saturated carbocycles. The maximum Gasteiger partial charge on any atom is 0.229 e. The van der Waals surface area contributed by atoms with Crippen LogP contribution in [-0.4, -0.2) is 19.7 Å². The maximum absolute atomic E-state index is 11.9. The summed E-state index contributed by atoms with van der Waals surface area (Å²) in [6.07, 6.45) is 3.59. The summed E-state index contributed by atoms with van der Waals surface area (Å²) >= 11 is 1.57. The van der Waals surface area contributed by atoms with Gasteiger partial charge in [0, 0.05) is 11.9 Å². The highest BCUT2D eigenvalue weighted by molar-refractivity contribution is 7.92. The molecule has 0 aliphatic carbocycles. The summed E-state index contributed by atoms with van der Waals surface area (Å²) in [6.45, 7) is 2.87. The van der Waals surface area contributed by atoms with Gasteiger partial charge in [0.2, 0.25) is 10.0 Å². The zero-order valence-corrected chi connectivity index (χ0v) is 26.0. The van der Waals surface area contributed by atoms with Crippen molar-refractivity contribution in [2.45, 2.75) is 32.6 Å². The van der Waals surface area contributed by atoms with E-state index in [-0.39, 0.29) is 6.04 Å². The molecular formula is C34H32N4O4S2. The molecule has 0 radical (unpaired) electrons. The second kappa shape index (κ2) is 14.2. The minimum atomic E-state index is -3.43. The Hall–Kier alpha value is -4.69. The number of nitrogens with one attached hydrogen (secondary N) is 2. The Morgan fingerprint density at radius 3 is 2.36 bits per heavy atom. The van der Waals surface area contributed by atoms with Crippen LogP contribution in [0.2, 0.25) is 0 Å². The first kappa shape index (κ1) is 30.8. The average molecular weight is 625 g/mol. The molecule has 5 aromatic rings. The van der Waals surface area contributed by atoms with Crippen LogP contribution in [-0.2, 0) is 34.4 Å². The van der Waals surface area contributed by atoms with E-state index in [1.165, 1.54) is 0 Å². The van der Waals surface area contributed by atoms with Crippen molar-refractivity contribution in [2.75, 3.05) is 16.3 Å². The van der Waals surface area contributed by atoms with Crippen molar-refractivity contribution in [3.8, 4) is 17.6 Å². The molecule has 1 aromatic heterocycles. The van der Waals surface area contributed by atoms with E-state index in [0.29, 0.717) is 36.6 Å². The number of nitriles is 1. The lowest BCUT2D eigenvalue weighted by Gasteiger charge is -2.23. The summed E-state index contributed by atoms with van der Waals surface area (Å²) in [5.41, 5.74) is 7.61. The molecule has 0 amide bonds. The van der Waals surface area contributed by atoms with Crippen LogP contribution in [0.25, 0.3) is 0 Å². The smallest absolute Gasteiger partial charge is 0.229 e. The summed E-state index contributed by atoms with van der Waals surface area (Å²) < 4.78 is 38.4. The number of ether oxygens (including phenoxy) is 2. The Morgan fingerprint density at radius 1 is 0.909 bits per heavy atom. The van der Waals surface area contributed by atoms with Crippen LogP contribution in [0.3, 0.4) is 0 Å². The van der Waals surface area contributed by atoms with Crippen molar-refractivity contribution in [1.29, 1.82) is 5.26 Å². The Kier molecular flexibility index (Phi) is 9.92. The zero-order valence-electron chi connectivity index (χ0n) is 24.4. The van der Waals surface area contributed by atoms with Crippen molar-refractivity contribution in [3.63, 3.8) is 0 Å². The Morgan fingerprint density at radius 2 is 1.66 bits per heavy atom. The van der Waals surface area contributed by atoms with Gasteiger partial charge in [0.15, 0.2) is 0 Å². The van der Waals surface area contributed by atoms with Gasteiger partial charge in [-0.1, -0.05) is 42.5 Å². The molecule has 1 unspecified atom stereocenters. The third-order valence-corrected chi connectivity index (χ3v) is 8.24. The number of sulfonamides is 1. The molecule has 1 atom stereocenters. The van der Waals surface area contributed by atoms with E-state index in [1.807, 2.05) is 98.0 Å². The minimum Gasteiger partial charge on any atom is -0.457 e. The molecule has 1 heterocycles. The number of benzene rings is 4. The van der Waals surface area contributed by atoms with Gasteiger partial charge in [-0.25, -0.2) is 8.42 Å². The van der Waals surface area contributed by atoms with Crippen LogP contribution >= 0.6 is 11.3 Å². The van der Waals surface area contributed by atoms with Gasteiger partial charge in [-0.3, -0.25) is 9.71 Å². The first-order chi connectivity index (χ1) is 21.3. The summed E-state index contributed by atoms with van der Waals surface area (Å²) in [7, 11) is -3.43. The summed E-state index contributed by atoms with van der Waals surface area (Å²) in [4.78, 5) is 5.16. The number of hydrogen-bond acceptors (Lipinski definition) is 8. The van der Waals surface area contributed by atoms with Gasteiger partial charge in [-0.2, -0.15) is 5.26 Å². The predicted octanol–water partition coefficient (Wildman–Crippen LogP) is 7.60. The fraction of sp³-hybridized carbons (Fsp3) is 0.176. The monoisotopic (exact) mass is 624 g/mol. The first-order valence-corrected chi connectivity index (χ1v) is 16.7. The van der Waals surface area contributed by atoms with E-state index in [9.17, 15) is 13.7 Å². The zero-order chi connectivity index (χ0) is 30.9. The van der Waals surface area contributed by atoms with Gasteiger partial charge in [-0.15, -0.1) is 11.3 Å². The Balaban J connectivity index is 1.32. The van der Waals surface area contributed by atoms with Crippen LogP contribution in [0.1, 0.15) is 38.7 Å². The second-order valence-corrected chi connectivity index (χ2v) is 13.1. The normalized spacial score (nSPS) is 11.8. The summed E-state index contributed by atoms with van der Waals surface area (Å²) in [6, 6.07) is 30.8. The average Bonchev–Trinajstić information content (AvgIpc) is 3.53. The van der Waals surface area contributed by atoms with E-state index < -0.39 is 10.0 Å². The van der Waals surface area contributed by atoms with Crippen molar-refractivity contribution in [2.24, 2.45) is 0 Å². The highest BCUT2D eigenvalue weighted by Gasteiger charge is 2.16. The molecule has 0 saturated heterocycles. The fourth-order valence-corrected chi connectivity index (χ4v) is 5.83. The Labute approximate surface area is 262 Å². The van der Waals surface area contributed by atoms with Crippen LogP contribution in [0.5, 0.6) is 11.5 Å². The van der Waals surface area contributed by atoms with Gasteiger partial charge >= 0.3 is 0 Å². The quantitative estimate of drug-likeness (QED) is 0.139.